The van der Waals surface area contributed by atoms with Crippen molar-refractivity contribution < 1.29 is 20.4 Å². The highest BCUT2D eigenvalue weighted by Crippen LogP contribution is 1.93. The van der Waals surface area contributed by atoms with Crippen molar-refractivity contribution in [1.82, 2.24) is 0 Å². The van der Waals surface area contributed by atoms with Crippen molar-refractivity contribution in [3.05, 3.63) is 11.7 Å². The van der Waals surface area contributed by atoms with Crippen molar-refractivity contribution in [2.45, 2.75) is 6.92 Å². The van der Waals surface area contributed by atoms with Gasteiger partial charge in [0, 0.05) is 6.92 Å². The molecular weight excluding hydrogens is 100 g/mol. The lowest BCUT2D eigenvalue weighted by molar-refractivity contribution is -0.239. The Bertz CT molecular complexity index is 80.9. The average molecular weight is 106 g/mol. The Hall–Kier alpha value is -0.900. The van der Waals surface area contributed by atoms with Gasteiger partial charge in [-0.1, -0.05) is 0 Å². The molecule has 0 saturated carbocycles. The molecule has 7 heavy (non-hydrogen) atoms. The second kappa shape index (κ2) is 2.30. The first-order valence-electron chi connectivity index (χ1n) is 1.58. The van der Waals surface area contributed by atoms with Crippen molar-refractivity contribution in [3.8, 4) is 0 Å². The van der Waals surface area contributed by atoms with Gasteiger partial charge in [-0.2, -0.15) is 5.26 Å². The molecule has 0 amide bonds. The van der Waals surface area contributed by atoms with Crippen LogP contribution in [0.25, 0.3) is 0 Å². The number of hydrogen-bond acceptors (Lipinski definition) is 4. The molecule has 0 aromatic rings. The van der Waals surface area contributed by atoms with Crippen LogP contribution < -0.4 is 0 Å². The summed E-state index contributed by atoms with van der Waals surface area (Å²) >= 11 is 0. The molecule has 3 N–H and O–H groups in total. The number of allylic oxidation sites excluding steroid dienone is 1. The van der Waals surface area contributed by atoms with E-state index in [1.165, 1.54) is 6.92 Å². The van der Waals surface area contributed by atoms with Gasteiger partial charge in [-0.3, -0.25) is 4.89 Å². The Morgan fingerprint density at radius 3 is 1.86 bits per heavy atom. The van der Waals surface area contributed by atoms with Gasteiger partial charge in [-0.15, -0.1) is 0 Å². The van der Waals surface area contributed by atoms with Gasteiger partial charge in [-0.05, 0) is 0 Å². The van der Waals surface area contributed by atoms with Gasteiger partial charge in [-0.25, -0.2) is 0 Å². The maximum Gasteiger partial charge on any atom is 0.352 e. The molecule has 0 saturated heterocycles. The average Bonchev–Trinajstić information content (AvgIpc) is 1.65. The molecule has 0 aromatic carbocycles. The van der Waals surface area contributed by atoms with Gasteiger partial charge in [0.25, 0.3) is 0 Å². The van der Waals surface area contributed by atoms with Crippen molar-refractivity contribution in [2.24, 2.45) is 0 Å². The zero-order valence-electron chi connectivity index (χ0n) is 3.75. The Morgan fingerprint density at radius 1 is 1.43 bits per heavy atom. The van der Waals surface area contributed by atoms with Crippen LogP contribution in [0.5, 0.6) is 0 Å². The normalized spacial score (nSPS) is 12.9. The largest absolute Gasteiger partial charge is 0.506 e. The van der Waals surface area contributed by atoms with Gasteiger partial charge in [0.1, 0.15) is 0 Å². The molecule has 0 aromatic heterocycles. The molecule has 4 nitrogen and oxygen atoms in total. The molecule has 0 unspecified atom stereocenters. The predicted octanol–water partition coefficient (Wildman–Crippen LogP) is 0.781. The molecule has 0 rings (SSSR count). The minimum atomic E-state index is -0.875. The van der Waals surface area contributed by atoms with Crippen LogP contribution in [0.1, 0.15) is 6.92 Å². The molecular formula is C3H6O4. The molecule has 0 bridgehead atoms. The molecule has 0 atom stereocenters. The maximum atomic E-state index is 8.17. The van der Waals surface area contributed by atoms with Crippen molar-refractivity contribution >= 4 is 0 Å². The van der Waals surface area contributed by atoms with Crippen LogP contribution in [0, 0.1) is 0 Å². The quantitative estimate of drug-likeness (QED) is 0.262. The number of aliphatic hydroxyl groups excluding tert-OH is 2. The van der Waals surface area contributed by atoms with Crippen LogP contribution in [0.2, 0.25) is 0 Å². The van der Waals surface area contributed by atoms with Crippen LogP contribution in [-0.2, 0) is 4.89 Å². The first-order chi connectivity index (χ1) is 3.18. The number of hydrogen-bond donors (Lipinski definition) is 3. The highest BCUT2D eigenvalue weighted by Gasteiger charge is 1.94. The van der Waals surface area contributed by atoms with Gasteiger partial charge < -0.3 is 10.2 Å². The lowest BCUT2D eigenvalue weighted by atomic mass is 10.6. The van der Waals surface area contributed by atoms with E-state index in [0.29, 0.717) is 0 Å². The third-order valence-electron chi connectivity index (χ3n) is 0.396. The van der Waals surface area contributed by atoms with Crippen molar-refractivity contribution in [3.63, 3.8) is 0 Å². The van der Waals surface area contributed by atoms with Crippen LogP contribution in [0.4, 0.5) is 0 Å². The highest BCUT2D eigenvalue weighted by atomic mass is 17.1. The van der Waals surface area contributed by atoms with Crippen LogP contribution in [0.15, 0.2) is 11.7 Å². The standard InChI is InChI=1S/C3H6O4/c1-2(4)3(5)7-6/h4-6H,1H3. The molecule has 4 heteroatoms. The van der Waals surface area contributed by atoms with Crippen LogP contribution in [0.3, 0.4) is 0 Å². The van der Waals surface area contributed by atoms with Gasteiger partial charge in [0.15, 0.2) is 5.76 Å². The van der Waals surface area contributed by atoms with Crippen LogP contribution in [-0.4, -0.2) is 15.5 Å². The molecule has 0 aliphatic heterocycles. The second-order valence-corrected chi connectivity index (χ2v) is 0.982. The summed E-state index contributed by atoms with van der Waals surface area (Å²) in [6.07, 6.45) is 0. The van der Waals surface area contributed by atoms with E-state index in [0.717, 1.165) is 0 Å². The fraction of sp³-hybridized carbons (Fsp3) is 0.333. The first-order valence-corrected chi connectivity index (χ1v) is 1.58. The molecule has 0 spiro atoms. The number of rotatable bonds is 1. The SMILES string of the molecule is CC(O)=C(O)OO. The Balaban J connectivity index is 3.72. The first kappa shape index (κ1) is 6.10. The molecule has 0 radical (unpaired) electrons. The monoisotopic (exact) mass is 106 g/mol. The number of aliphatic hydroxyl groups is 2. The van der Waals surface area contributed by atoms with E-state index >= 15 is 0 Å². The molecule has 0 fully saturated rings. The van der Waals surface area contributed by atoms with Crippen LogP contribution >= 0.6 is 0 Å². The highest BCUT2D eigenvalue weighted by molar-refractivity contribution is 4.83. The summed E-state index contributed by atoms with van der Waals surface area (Å²) < 4.78 is 0. The maximum absolute atomic E-state index is 8.17. The molecule has 0 aliphatic rings. The third kappa shape index (κ3) is 1.88. The van der Waals surface area contributed by atoms with Crippen molar-refractivity contribution in [2.75, 3.05) is 0 Å². The minimum Gasteiger partial charge on any atom is -0.506 e. The van der Waals surface area contributed by atoms with E-state index in [4.69, 9.17) is 15.5 Å². The molecule has 0 heterocycles. The summed E-state index contributed by atoms with van der Waals surface area (Å²) in [5.41, 5.74) is 0. The zero-order valence-corrected chi connectivity index (χ0v) is 3.75. The zero-order chi connectivity index (χ0) is 5.86. The summed E-state index contributed by atoms with van der Waals surface area (Å²) in [6, 6.07) is 0. The Labute approximate surface area is 40.2 Å². The third-order valence-corrected chi connectivity index (χ3v) is 0.396. The summed E-state index contributed by atoms with van der Waals surface area (Å²) in [7, 11) is 0. The Morgan fingerprint density at radius 2 is 1.86 bits per heavy atom. The second-order valence-electron chi connectivity index (χ2n) is 0.982. The van der Waals surface area contributed by atoms with Gasteiger partial charge in [0.2, 0.25) is 0 Å². The van der Waals surface area contributed by atoms with E-state index in [-0.39, 0.29) is 0 Å². The smallest absolute Gasteiger partial charge is 0.352 e. The van der Waals surface area contributed by atoms with E-state index in [1.807, 2.05) is 0 Å². The van der Waals surface area contributed by atoms with Gasteiger partial charge in [0.05, 0.1) is 0 Å². The topological polar surface area (TPSA) is 69.9 Å². The van der Waals surface area contributed by atoms with Crippen molar-refractivity contribution in [1.29, 1.82) is 0 Å². The van der Waals surface area contributed by atoms with E-state index in [1.54, 1.807) is 0 Å². The molecule has 42 valence electrons. The molecule has 0 aliphatic carbocycles. The summed E-state index contributed by atoms with van der Waals surface area (Å²) in [6.45, 7) is 1.17. The Kier molecular flexibility index (Phi) is 2.01. The fourth-order valence-corrected chi connectivity index (χ4v) is 0.0661. The minimum absolute atomic E-state index is 0.456. The van der Waals surface area contributed by atoms with E-state index in [9.17, 15) is 0 Å². The fourth-order valence-electron chi connectivity index (χ4n) is 0.0661. The van der Waals surface area contributed by atoms with E-state index in [2.05, 4.69) is 4.89 Å². The van der Waals surface area contributed by atoms with Gasteiger partial charge >= 0.3 is 5.95 Å². The lowest BCUT2D eigenvalue weighted by Gasteiger charge is -1.91. The predicted molar refractivity (Wildman–Crippen MR) is 21.7 cm³/mol. The summed E-state index contributed by atoms with van der Waals surface area (Å²) in [5, 5.41) is 23.8. The lowest BCUT2D eigenvalue weighted by Crippen LogP contribution is -1.88. The summed E-state index contributed by atoms with van der Waals surface area (Å²) in [4.78, 5) is 3.20. The summed E-state index contributed by atoms with van der Waals surface area (Å²) in [5.74, 6) is -1.33. The van der Waals surface area contributed by atoms with E-state index < -0.39 is 11.7 Å².